The molecule has 2 aromatic heterocycles. The van der Waals surface area contributed by atoms with E-state index in [9.17, 15) is 4.79 Å². The first-order chi connectivity index (χ1) is 7.22. The molecule has 5 heteroatoms. The van der Waals surface area contributed by atoms with E-state index in [1.165, 1.54) is 0 Å². The Bertz CT molecular complexity index is 526. The van der Waals surface area contributed by atoms with Gasteiger partial charge in [0.15, 0.2) is 0 Å². The molecule has 0 radical (unpaired) electrons. The summed E-state index contributed by atoms with van der Waals surface area (Å²) in [5.41, 5.74) is 7.03. The number of nitrogens with zero attached hydrogens (tertiary/aromatic N) is 2. The fourth-order valence-electron chi connectivity index (χ4n) is 1.71. The molecular weight excluding hydrogens is 192 g/mol. The number of hydrogen-bond donors (Lipinski definition) is 2. The molecule has 3 N–H and O–H groups in total. The van der Waals surface area contributed by atoms with Gasteiger partial charge in [0, 0.05) is 24.3 Å². The molecule has 0 saturated carbocycles. The molecule has 0 aromatic carbocycles. The van der Waals surface area contributed by atoms with E-state index in [1.54, 1.807) is 6.20 Å². The topological polar surface area (TPSA) is 76.7 Å². The van der Waals surface area contributed by atoms with E-state index >= 15 is 0 Å². The number of H-pyrrole nitrogens is 1. The van der Waals surface area contributed by atoms with Crippen molar-refractivity contribution in [3.63, 3.8) is 0 Å². The van der Waals surface area contributed by atoms with Gasteiger partial charge < -0.3 is 15.3 Å². The highest BCUT2D eigenvalue weighted by Crippen LogP contribution is 2.15. The fraction of sp³-hybridized carbons (Fsp3) is 0.400. The lowest BCUT2D eigenvalue weighted by atomic mass is 10.2. The second kappa shape index (κ2) is 3.86. The smallest absolute Gasteiger partial charge is 0.332 e. The fourth-order valence-corrected chi connectivity index (χ4v) is 1.71. The van der Waals surface area contributed by atoms with Gasteiger partial charge in [-0.3, -0.25) is 0 Å². The molecule has 2 aromatic rings. The molecule has 0 amide bonds. The van der Waals surface area contributed by atoms with Crippen molar-refractivity contribution < 1.29 is 0 Å². The van der Waals surface area contributed by atoms with Gasteiger partial charge in [0.05, 0.1) is 0 Å². The maximum absolute atomic E-state index is 11.1. The van der Waals surface area contributed by atoms with Crippen molar-refractivity contribution >= 4 is 11.0 Å². The van der Waals surface area contributed by atoms with Crippen LogP contribution in [-0.4, -0.2) is 21.1 Å². The van der Waals surface area contributed by atoms with E-state index in [0.29, 0.717) is 6.54 Å². The molecule has 0 aliphatic heterocycles. The highest BCUT2D eigenvalue weighted by molar-refractivity contribution is 5.76. The summed E-state index contributed by atoms with van der Waals surface area (Å²) in [5.74, 6) is 0. The monoisotopic (exact) mass is 206 g/mol. The number of aromatic amines is 1. The zero-order chi connectivity index (χ0) is 10.8. The minimum Gasteiger partial charge on any atom is -0.332 e. The second-order valence-corrected chi connectivity index (χ2v) is 3.57. The van der Waals surface area contributed by atoms with E-state index < -0.39 is 0 Å². The van der Waals surface area contributed by atoms with Crippen LogP contribution in [0.5, 0.6) is 0 Å². The summed E-state index contributed by atoms with van der Waals surface area (Å²) < 4.78 is 1.94. The highest BCUT2D eigenvalue weighted by atomic mass is 16.1. The Hall–Kier alpha value is -1.62. The summed E-state index contributed by atoms with van der Waals surface area (Å²) >= 11 is 0. The molecule has 0 fully saturated rings. The normalized spacial score (nSPS) is 11.1. The first-order valence-electron chi connectivity index (χ1n) is 4.96. The predicted octanol–water partition coefficient (Wildman–Crippen LogP) is 0.153. The zero-order valence-corrected chi connectivity index (χ0v) is 8.66. The molecule has 0 spiro atoms. The number of rotatable bonds is 3. The lowest BCUT2D eigenvalue weighted by Crippen LogP contribution is -2.10. The molecule has 0 aliphatic rings. The molecule has 0 saturated heterocycles. The average molecular weight is 206 g/mol. The molecule has 0 aliphatic carbocycles. The highest BCUT2D eigenvalue weighted by Gasteiger charge is 2.06. The Morgan fingerprint density at radius 3 is 3.13 bits per heavy atom. The molecule has 15 heavy (non-hydrogen) atoms. The summed E-state index contributed by atoms with van der Waals surface area (Å²) in [6.07, 6.45) is 3.55. The van der Waals surface area contributed by atoms with Crippen LogP contribution >= 0.6 is 0 Å². The minimum absolute atomic E-state index is 0.311. The van der Waals surface area contributed by atoms with E-state index in [-0.39, 0.29) is 5.69 Å². The number of aromatic nitrogens is 3. The molecule has 0 bridgehead atoms. The zero-order valence-electron chi connectivity index (χ0n) is 8.66. The number of nitrogens with two attached hydrogens (primary N) is 1. The van der Waals surface area contributed by atoms with E-state index in [0.717, 1.165) is 29.6 Å². The molecular formula is C10H14N4O. The summed E-state index contributed by atoms with van der Waals surface area (Å²) in [5, 5.41) is 0.962. The van der Waals surface area contributed by atoms with Crippen LogP contribution in [0.2, 0.25) is 0 Å². The Kier molecular flexibility index (Phi) is 2.55. The summed E-state index contributed by atoms with van der Waals surface area (Å²) in [4.78, 5) is 17.5. The van der Waals surface area contributed by atoms with E-state index in [1.807, 2.05) is 17.7 Å². The third kappa shape index (κ3) is 1.78. The van der Waals surface area contributed by atoms with Crippen molar-refractivity contribution in [2.45, 2.75) is 12.8 Å². The summed E-state index contributed by atoms with van der Waals surface area (Å²) in [6.45, 7) is 0.674. The number of nitrogens with one attached hydrogen (secondary N) is 1. The molecule has 0 atom stereocenters. The third-order valence-electron chi connectivity index (χ3n) is 2.52. The Balaban J connectivity index is 2.49. The quantitative estimate of drug-likeness (QED) is 0.750. The molecule has 0 unspecified atom stereocenters. The molecule has 2 heterocycles. The van der Waals surface area contributed by atoms with Gasteiger partial charge >= 0.3 is 5.69 Å². The van der Waals surface area contributed by atoms with Gasteiger partial charge in [-0.1, -0.05) is 0 Å². The van der Waals surface area contributed by atoms with Crippen LogP contribution in [-0.2, 0) is 13.5 Å². The van der Waals surface area contributed by atoms with Crippen molar-refractivity contribution in [3.8, 4) is 0 Å². The van der Waals surface area contributed by atoms with Crippen LogP contribution in [0.15, 0.2) is 17.1 Å². The average Bonchev–Trinajstić information content (AvgIpc) is 2.53. The van der Waals surface area contributed by atoms with Crippen LogP contribution in [0.25, 0.3) is 11.0 Å². The van der Waals surface area contributed by atoms with Crippen LogP contribution in [0, 0.1) is 0 Å². The SMILES string of the molecule is Cn1c(CCCN)cc2c[nH]c(=O)nc21. The van der Waals surface area contributed by atoms with Crippen molar-refractivity contribution in [2.75, 3.05) is 6.54 Å². The van der Waals surface area contributed by atoms with Crippen LogP contribution in [0.1, 0.15) is 12.1 Å². The van der Waals surface area contributed by atoms with Crippen molar-refractivity contribution in [3.05, 3.63) is 28.4 Å². The number of aryl methyl sites for hydroxylation is 2. The predicted molar refractivity (Wildman–Crippen MR) is 58.7 cm³/mol. The standard InChI is InChI=1S/C10H14N4O/c1-14-8(3-2-4-11)5-7-6-12-10(15)13-9(7)14/h5-6H,2-4,11H2,1H3,(H,12,13,15). The van der Waals surface area contributed by atoms with Crippen LogP contribution < -0.4 is 11.4 Å². The van der Waals surface area contributed by atoms with Crippen molar-refractivity contribution in [1.82, 2.24) is 14.5 Å². The second-order valence-electron chi connectivity index (χ2n) is 3.57. The van der Waals surface area contributed by atoms with Gasteiger partial charge in [-0.25, -0.2) is 4.79 Å². The first kappa shape index (κ1) is 9.92. The van der Waals surface area contributed by atoms with Crippen molar-refractivity contribution in [1.29, 1.82) is 0 Å². The molecule has 2 rings (SSSR count). The lowest BCUT2D eigenvalue weighted by molar-refractivity contribution is 0.761. The van der Waals surface area contributed by atoms with Crippen LogP contribution in [0.4, 0.5) is 0 Å². The Labute approximate surface area is 86.9 Å². The lowest BCUT2D eigenvalue weighted by Gasteiger charge is -2.01. The summed E-state index contributed by atoms with van der Waals surface area (Å²) in [6, 6.07) is 2.04. The third-order valence-corrected chi connectivity index (χ3v) is 2.52. The summed E-state index contributed by atoms with van der Waals surface area (Å²) in [7, 11) is 1.92. The number of fused-ring (bicyclic) bond motifs is 1. The van der Waals surface area contributed by atoms with Gasteiger partial charge in [-0.05, 0) is 25.5 Å². The van der Waals surface area contributed by atoms with Gasteiger partial charge in [-0.2, -0.15) is 4.98 Å². The Morgan fingerprint density at radius 1 is 1.60 bits per heavy atom. The first-order valence-corrected chi connectivity index (χ1v) is 4.96. The molecule has 80 valence electrons. The van der Waals surface area contributed by atoms with Gasteiger partial charge in [0.1, 0.15) is 5.65 Å². The Morgan fingerprint density at radius 2 is 2.40 bits per heavy atom. The van der Waals surface area contributed by atoms with Gasteiger partial charge in [-0.15, -0.1) is 0 Å². The maximum Gasteiger partial charge on any atom is 0.346 e. The van der Waals surface area contributed by atoms with Crippen LogP contribution in [0.3, 0.4) is 0 Å². The largest absolute Gasteiger partial charge is 0.346 e. The van der Waals surface area contributed by atoms with E-state index in [2.05, 4.69) is 9.97 Å². The number of hydrogen-bond acceptors (Lipinski definition) is 3. The molecule has 5 nitrogen and oxygen atoms in total. The van der Waals surface area contributed by atoms with Gasteiger partial charge in [0.25, 0.3) is 0 Å². The minimum atomic E-state index is -0.311. The van der Waals surface area contributed by atoms with E-state index in [4.69, 9.17) is 5.73 Å². The maximum atomic E-state index is 11.1. The van der Waals surface area contributed by atoms with Crippen molar-refractivity contribution in [2.24, 2.45) is 12.8 Å². The van der Waals surface area contributed by atoms with Gasteiger partial charge in [0.2, 0.25) is 0 Å².